The molecule has 0 saturated carbocycles. The van der Waals surface area contributed by atoms with Crippen LogP contribution in [0.1, 0.15) is 38.7 Å². The molecule has 6 heteroatoms. The van der Waals surface area contributed by atoms with Gasteiger partial charge in [0.1, 0.15) is 0 Å². The van der Waals surface area contributed by atoms with E-state index in [1.165, 1.54) is 12.1 Å². The largest absolute Gasteiger partial charge is 0.481 e. The molecule has 0 aliphatic carbocycles. The highest BCUT2D eigenvalue weighted by atomic mass is 16.6. The van der Waals surface area contributed by atoms with Crippen LogP contribution < -0.4 is 5.32 Å². The molecule has 1 aromatic carbocycles. The van der Waals surface area contributed by atoms with E-state index in [1.54, 1.807) is 19.1 Å². The number of nitro groups is 1. The van der Waals surface area contributed by atoms with Gasteiger partial charge in [0.2, 0.25) is 0 Å². The molecular formula is C15H22N2O4. The van der Waals surface area contributed by atoms with Crippen molar-refractivity contribution >= 4 is 11.7 Å². The van der Waals surface area contributed by atoms with Crippen LogP contribution in [0.4, 0.5) is 5.69 Å². The molecule has 2 N–H and O–H groups in total. The van der Waals surface area contributed by atoms with Gasteiger partial charge in [0.25, 0.3) is 5.69 Å². The molecule has 0 radical (unpaired) electrons. The SMILES string of the molecule is CC(CCCC(C)C(=O)O)NCc1ccc([N+](=O)[O-])cc1. The van der Waals surface area contributed by atoms with Gasteiger partial charge in [-0.25, -0.2) is 0 Å². The van der Waals surface area contributed by atoms with Crippen molar-refractivity contribution in [1.29, 1.82) is 0 Å². The smallest absolute Gasteiger partial charge is 0.306 e. The van der Waals surface area contributed by atoms with Gasteiger partial charge in [-0.2, -0.15) is 0 Å². The molecule has 0 aromatic heterocycles. The van der Waals surface area contributed by atoms with Crippen molar-refractivity contribution in [2.24, 2.45) is 5.92 Å². The van der Waals surface area contributed by atoms with Crippen molar-refractivity contribution in [3.63, 3.8) is 0 Å². The summed E-state index contributed by atoms with van der Waals surface area (Å²) in [4.78, 5) is 20.8. The minimum atomic E-state index is -0.749. The first kappa shape index (κ1) is 17.1. The summed E-state index contributed by atoms with van der Waals surface area (Å²) in [6.07, 6.45) is 2.45. The number of benzene rings is 1. The van der Waals surface area contributed by atoms with Crippen LogP contribution in [-0.4, -0.2) is 22.0 Å². The van der Waals surface area contributed by atoms with Gasteiger partial charge >= 0.3 is 5.97 Å². The Bertz CT molecular complexity index is 473. The first-order valence-corrected chi connectivity index (χ1v) is 7.09. The Morgan fingerprint density at radius 1 is 1.29 bits per heavy atom. The topological polar surface area (TPSA) is 92.5 Å². The lowest BCUT2D eigenvalue weighted by molar-refractivity contribution is -0.384. The highest BCUT2D eigenvalue weighted by Crippen LogP contribution is 2.13. The molecule has 116 valence electrons. The quantitative estimate of drug-likeness (QED) is 0.539. The number of hydrogen-bond acceptors (Lipinski definition) is 4. The molecule has 0 aliphatic heterocycles. The summed E-state index contributed by atoms with van der Waals surface area (Å²) in [5.74, 6) is -1.05. The number of nitrogens with one attached hydrogen (secondary N) is 1. The van der Waals surface area contributed by atoms with E-state index in [0.717, 1.165) is 18.4 Å². The van der Waals surface area contributed by atoms with Gasteiger partial charge in [-0.3, -0.25) is 14.9 Å². The van der Waals surface area contributed by atoms with Gasteiger partial charge in [-0.05, 0) is 25.3 Å². The Kier molecular flexibility index (Phi) is 6.81. The molecule has 0 fully saturated rings. The number of rotatable bonds is 9. The van der Waals surface area contributed by atoms with Crippen LogP contribution in [0.2, 0.25) is 0 Å². The molecule has 0 aliphatic rings. The van der Waals surface area contributed by atoms with Gasteiger partial charge in [0.15, 0.2) is 0 Å². The summed E-state index contributed by atoms with van der Waals surface area (Å²) in [6.45, 7) is 4.42. The average Bonchev–Trinajstić information content (AvgIpc) is 2.45. The second kappa shape index (κ2) is 8.36. The third-order valence-corrected chi connectivity index (χ3v) is 3.50. The van der Waals surface area contributed by atoms with Crippen LogP contribution in [0.5, 0.6) is 0 Å². The van der Waals surface area contributed by atoms with Gasteiger partial charge in [0.05, 0.1) is 10.8 Å². The number of hydrogen-bond donors (Lipinski definition) is 2. The lowest BCUT2D eigenvalue weighted by atomic mass is 10.0. The molecule has 0 heterocycles. The Morgan fingerprint density at radius 2 is 1.90 bits per heavy atom. The first-order chi connectivity index (χ1) is 9.90. The Balaban J connectivity index is 2.28. The fourth-order valence-corrected chi connectivity index (χ4v) is 1.98. The van der Waals surface area contributed by atoms with E-state index in [2.05, 4.69) is 12.2 Å². The number of nitrogens with zero attached hydrogens (tertiary/aromatic N) is 1. The highest BCUT2D eigenvalue weighted by molar-refractivity contribution is 5.69. The first-order valence-electron chi connectivity index (χ1n) is 7.09. The van der Waals surface area contributed by atoms with Crippen LogP contribution in [0, 0.1) is 16.0 Å². The van der Waals surface area contributed by atoms with Gasteiger partial charge in [0, 0.05) is 24.7 Å². The third kappa shape index (κ3) is 6.35. The molecule has 6 nitrogen and oxygen atoms in total. The molecule has 1 rings (SSSR count). The maximum absolute atomic E-state index is 10.7. The summed E-state index contributed by atoms with van der Waals surface area (Å²) >= 11 is 0. The number of carboxylic acid groups (broad SMARTS) is 1. The zero-order valence-electron chi connectivity index (χ0n) is 12.4. The van der Waals surface area contributed by atoms with Crippen LogP contribution in [0.3, 0.4) is 0 Å². The summed E-state index contributed by atoms with van der Waals surface area (Å²) in [6, 6.07) is 6.75. The molecule has 21 heavy (non-hydrogen) atoms. The molecule has 0 amide bonds. The second-order valence-corrected chi connectivity index (χ2v) is 5.38. The normalized spacial score (nSPS) is 13.6. The minimum Gasteiger partial charge on any atom is -0.481 e. The van der Waals surface area contributed by atoms with Crippen molar-refractivity contribution in [3.8, 4) is 0 Å². The average molecular weight is 294 g/mol. The predicted octanol–water partition coefficient (Wildman–Crippen LogP) is 2.96. The van der Waals surface area contributed by atoms with E-state index in [9.17, 15) is 14.9 Å². The minimum absolute atomic E-state index is 0.0921. The highest BCUT2D eigenvalue weighted by Gasteiger charge is 2.11. The van der Waals surface area contributed by atoms with E-state index < -0.39 is 10.9 Å². The molecule has 0 saturated heterocycles. The predicted molar refractivity (Wildman–Crippen MR) is 80.0 cm³/mol. The lowest BCUT2D eigenvalue weighted by Gasteiger charge is -2.14. The number of aliphatic carboxylic acids is 1. The zero-order valence-corrected chi connectivity index (χ0v) is 12.4. The monoisotopic (exact) mass is 294 g/mol. The maximum atomic E-state index is 10.7. The molecule has 2 atom stereocenters. The van der Waals surface area contributed by atoms with E-state index in [-0.39, 0.29) is 17.6 Å². The summed E-state index contributed by atoms with van der Waals surface area (Å²) < 4.78 is 0. The fourth-order valence-electron chi connectivity index (χ4n) is 1.98. The van der Waals surface area contributed by atoms with Gasteiger partial charge in [-0.15, -0.1) is 0 Å². The standard InChI is InChI=1S/C15H22N2O4/c1-11(15(18)19)4-3-5-12(2)16-10-13-6-8-14(9-7-13)17(20)21/h6-9,11-12,16H,3-5,10H2,1-2H3,(H,18,19). The molecule has 0 spiro atoms. The Hall–Kier alpha value is -1.95. The Morgan fingerprint density at radius 3 is 2.43 bits per heavy atom. The summed E-state index contributed by atoms with van der Waals surface area (Å²) in [7, 11) is 0. The molecule has 0 bridgehead atoms. The number of carboxylic acids is 1. The molecule has 2 unspecified atom stereocenters. The summed E-state index contributed by atoms with van der Waals surface area (Å²) in [5, 5.41) is 22.7. The van der Waals surface area contributed by atoms with E-state index in [0.29, 0.717) is 13.0 Å². The fraction of sp³-hybridized carbons (Fsp3) is 0.533. The maximum Gasteiger partial charge on any atom is 0.306 e. The van der Waals surface area contributed by atoms with Crippen LogP contribution in [0.15, 0.2) is 24.3 Å². The van der Waals surface area contributed by atoms with Crippen molar-refractivity contribution in [2.45, 2.75) is 45.7 Å². The van der Waals surface area contributed by atoms with Crippen LogP contribution in [-0.2, 0) is 11.3 Å². The van der Waals surface area contributed by atoms with Crippen molar-refractivity contribution in [3.05, 3.63) is 39.9 Å². The van der Waals surface area contributed by atoms with Crippen molar-refractivity contribution < 1.29 is 14.8 Å². The zero-order chi connectivity index (χ0) is 15.8. The van der Waals surface area contributed by atoms with E-state index in [1.807, 2.05) is 0 Å². The van der Waals surface area contributed by atoms with Crippen LogP contribution in [0.25, 0.3) is 0 Å². The van der Waals surface area contributed by atoms with Crippen molar-refractivity contribution in [1.82, 2.24) is 5.32 Å². The van der Waals surface area contributed by atoms with Gasteiger partial charge < -0.3 is 10.4 Å². The number of nitro benzene ring substituents is 1. The van der Waals surface area contributed by atoms with E-state index >= 15 is 0 Å². The number of carbonyl (C=O) groups is 1. The molecular weight excluding hydrogens is 272 g/mol. The van der Waals surface area contributed by atoms with Crippen molar-refractivity contribution in [2.75, 3.05) is 0 Å². The lowest BCUT2D eigenvalue weighted by Crippen LogP contribution is -2.25. The second-order valence-electron chi connectivity index (χ2n) is 5.38. The number of non-ortho nitro benzene ring substituents is 1. The summed E-state index contributed by atoms with van der Waals surface area (Å²) in [5.41, 5.74) is 1.08. The van der Waals surface area contributed by atoms with E-state index in [4.69, 9.17) is 5.11 Å². The molecule has 1 aromatic rings. The van der Waals surface area contributed by atoms with Crippen LogP contribution >= 0.6 is 0 Å². The Labute approximate surface area is 124 Å². The third-order valence-electron chi connectivity index (χ3n) is 3.50. The van der Waals surface area contributed by atoms with Gasteiger partial charge in [-0.1, -0.05) is 25.5 Å².